The fourth-order valence-corrected chi connectivity index (χ4v) is 1.83. The molecule has 0 bridgehead atoms. The third-order valence-corrected chi connectivity index (χ3v) is 2.97. The smallest absolute Gasteiger partial charge is 0.188 e. The molecule has 0 aliphatic carbocycles. The molecule has 0 aliphatic heterocycles. The first kappa shape index (κ1) is 18.2. The fourth-order valence-electron chi connectivity index (χ4n) is 1.83. The second-order valence-corrected chi connectivity index (χ2v) is 5.07. The van der Waals surface area contributed by atoms with Crippen molar-refractivity contribution in [3.8, 4) is 0 Å². The molecule has 0 atom stereocenters. The number of aromatic nitrogens is 2. The number of nitrogens with one attached hydrogen (secondary N) is 1. The summed E-state index contributed by atoms with van der Waals surface area (Å²) in [6.07, 6.45) is 0.920. The van der Waals surface area contributed by atoms with Gasteiger partial charge >= 0.3 is 0 Å². The second-order valence-electron chi connectivity index (χ2n) is 5.07. The first-order valence-corrected chi connectivity index (χ1v) is 6.44. The molecule has 0 radical (unpaired) electrons. The first-order valence-electron chi connectivity index (χ1n) is 6.44. The van der Waals surface area contributed by atoms with Crippen molar-refractivity contribution in [1.82, 2.24) is 15.1 Å². The molecular formula is C13H26IN5. The Balaban J connectivity index is 0.00000324. The highest BCUT2D eigenvalue weighted by atomic mass is 127. The molecule has 0 fully saturated rings. The van der Waals surface area contributed by atoms with Crippen LogP contribution in [0.2, 0.25) is 0 Å². The van der Waals surface area contributed by atoms with Crippen LogP contribution < -0.4 is 11.1 Å². The van der Waals surface area contributed by atoms with E-state index in [0.717, 1.165) is 25.2 Å². The molecule has 110 valence electrons. The zero-order valence-electron chi connectivity index (χ0n) is 12.5. The van der Waals surface area contributed by atoms with Gasteiger partial charge in [-0.3, -0.25) is 9.67 Å². The molecule has 0 spiro atoms. The summed E-state index contributed by atoms with van der Waals surface area (Å²) in [5.41, 5.74) is 9.39. The lowest BCUT2D eigenvalue weighted by atomic mass is 10.1. The monoisotopic (exact) mass is 379 g/mol. The van der Waals surface area contributed by atoms with Crippen molar-refractivity contribution in [2.75, 3.05) is 13.1 Å². The summed E-state index contributed by atoms with van der Waals surface area (Å²) in [6.45, 7) is 9.94. The zero-order valence-corrected chi connectivity index (χ0v) is 14.9. The Morgan fingerprint density at radius 3 is 2.53 bits per heavy atom. The van der Waals surface area contributed by atoms with Crippen molar-refractivity contribution >= 4 is 29.9 Å². The van der Waals surface area contributed by atoms with Gasteiger partial charge in [0, 0.05) is 25.8 Å². The Hall–Kier alpha value is -0.790. The summed E-state index contributed by atoms with van der Waals surface area (Å²) < 4.78 is 1.92. The lowest BCUT2D eigenvalue weighted by molar-refractivity contribution is 0.661. The minimum Gasteiger partial charge on any atom is -0.370 e. The SMILES string of the molecule is Cc1nn(C)c(C)c1CCNC(N)=NCC(C)C.I. The number of aliphatic imine (C=N–C) groups is 1. The summed E-state index contributed by atoms with van der Waals surface area (Å²) >= 11 is 0. The van der Waals surface area contributed by atoms with Gasteiger partial charge in [-0.05, 0) is 31.7 Å². The number of nitrogens with zero attached hydrogens (tertiary/aromatic N) is 3. The molecule has 0 unspecified atom stereocenters. The van der Waals surface area contributed by atoms with E-state index in [9.17, 15) is 0 Å². The summed E-state index contributed by atoms with van der Waals surface area (Å²) in [6, 6.07) is 0. The van der Waals surface area contributed by atoms with E-state index in [1.807, 2.05) is 18.7 Å². The molecule has 19 heavy (non-hydrogen) atoms. The molecule has 1 aromatic heterocycles. The van der Waals surface area contributed by atoms with Gasteiger partial charge in [-0.15, -0.1) is 24.0 Å². The molecule has 0 aromatic carbocycles. The van der Waals surface area contributed by atoms with Crippen LogP contribution in [0.15, 0.2) is 4.99 Å². The van der Waals surface area contributed by atoms with Gasteiger partial charge in [-0.1, -0.05) is 13.8 Å². The van der Waals surface area contributed by atoms with Crippen molar-refractivity contribution in [3.63, 3.8) is 0 Å². The lowest BCUT2D eigenvalue weighted by Gasteiger charge is -2.07. The van der Waals surface area contributed by atoms with Crippen LogP contribution in [0.25, 0.3) is 0 Å². The van der Waals surface area contributed by atoms with E-state index in [-0.39, 0.29) is 24.0 Å². The first-order chi connectivity index (χ1) is 8.41. The van der Waals surface area contributed by atoms with Crippen LogP contribution >= 0.6 is 24.0 Å². The van der Waals surface area contributed by atoms with E-state index in [4.69, 9.17) is 5.73 Å². The van der Waals surface area contributed by atoms with E-state index in [0.29, 0.717) is 11.9 Å². The lowest BCUT2D eigenvalue weighted by Crippen LogP contribution is -2.33. The van der Waals surface area contributed by atoms with Crippen LogP contribution in [0, 0.1) is 19.8 Å². The van der Waals surface area contributed by atoms with Crippen molar-refractivity contribution in [1.29, 1.82) is 0 Å². The number of nitrogens with two attached hydrogens (primary N) is 1. The van der Waals surface area contributed by atoms with E-state index in [1.165, 1.54) is 11.3 Å². The summed E-state index contributed by atoms with van der Waals surface area (Å²) in [5, 5.41) is 7.54. The Bertz CT molecular complexity index is 423. The molecule has 1 rings (SSSR count). The highest BCUT2D eigenvalue weighted by Crippen LogP contribution is 2.11. The number of guanidine groups is 1. The van der Waals surface area contributed by atoms with Crippen molar-refractivity contribution in [2.45, 2.75) is 34.1 Å². The third kappa shape index (κ3) is 5.80. The molecule has 3 N–H and O–H groups in total. The fraction of sp³-hybridized carbons (Fsp3) is 0.692. The largest absolute Gasteiger partial charge is 0.370 e. The molecule has 0 saturated heterocycles. The number of aryl methyl sites for hydroxylation is 2. The van der Waals surface area contributed by atoms with Gasteiger partial charge in [-0.25, -0.2) is 0 Å². The maximum absolute atomic E-state index is 5.79. The molecule has 5 nitrogen and oxygen atoms in total. The van der Waals surface area contributed by atoms with Crippen LogP contribution in [0.4, 0.5) is 0 Å². The van der Waals surface area contributed by atoms with Crippen LogP contribution in [0.5, 0.6) is 0 Å². The predicted molar refractivity (Wildman–Crippen MR) is 91.1 cm³/mol. The predicted octanol–water partition coefficient (Wildman–Crippen LogP) is 1.76. The second kappa shape index (κ2) is 8.39. The molecule has 1 aromatic rings. The van der Waals surface area contributed by atoms with Gasteiger partial charge in [0.15, 0.2) is 5.96 Å². The van der Waals surface area contributed by atoms with E-state index in [1.54, 1.807) is 0 Å². The van der Waals surface area contributed by atoms with Gasteiger partial charge in [-0.2, -0.15) is 5.10 Å². The van der Waals surface area contributed by atoms with Crippen LogP contribution in [0.1, 0.15) is 30.8 Å². The maximum Gasteiger partial charge on any atom is 0.188 e. The molecule has 0 saturated carbocycles. The molecule has 0 amide bonds. The highest BCUT2D eigenvalue weighted by molar-refractivity contribution is 14.0. The van der Waals surface area contributed by atoms with Gasteiger partial charge in [0.25, 0.3) is 0 Å². The van der Waals surface area contributed by atoms with Gasteiger partial charge < -0.3 is 11.1 Å². The van der Waals surface area contributed by atoms with Crippen molar-refractivity contribution in [2.24, 2.45) is 23.7 Å². The Kier molecular flexibility index (Phi) is 8.05. The van der Waals surface area contributed by atoms with E-state index >= 15 is 0 Å². The van der Waals surface area contributed by atoms with Gasteiger partial charge in [0.2, 0.25) is 0 Å². The van der Waals surface area contributed by atoms with E-state index < -0.39 is 0 Å². The third-order valence-electron chi connectivity index (χ3n) is 2.97. The summed E-state index contributed by atoms with van der Waals surface area (Å²) in [5.74, 6) is 1.07. The van der Waals surface area contributed by atoms with Crippen LogP contribution in [-0.2, 0) is 13.5 Å². The molecule has 1 heterocycles. The normalized spacial score (nSPS) is 11.6. The van der Waals surface area contributed by atoms with Crippen LogP contribution in [0.3, 0.4) is 0 Å². The Morgan fingerprint density at radius 1 is 1.42 bits per heavy atom. The Labute approximate surface area is 133 Å². The highest BCUT2D eigenvalue weighted by Gasteiger charge is 2.08. The average molecular weight is 379 g/mol. The maximum atomic E-state index is 5.79. The topological polar surface area (TPSA) is 68.2 Å². The molecular weight excluding hydrogens is 353 g/mol. The van der Waals surface area contributed by atoms with Crippen molar-refractivity contribution < 1.29 is 0 Å². The zero-order chi connectivity index (χ0) is 13.7. The van der Waals surface area contributed by atoms with Gasteiger partial charge in [0.1, 0.15) is 0 Å². The molecule has 0 aliphatic rings. The van der Waals surface area contributed by atoms with Crippen LogP contribution in [-0.4, -0.2) is 28.8 Å². The molecule has 6 heteroatoms. The summed E-state index contributed by atoms with van der Waals surface area (Å²) in [7, 11) is 1.97. The minimum absolute atomic E-state index is 0. The van der Waals surface area contributed by atoms with E-state index in [2.05, 4.69) is 36.2 Å². The van der Waals surface area contributed by atoms with Gasteiger partial charge in [0.05, 0.1) is 5.69 Å². The average Bonchev–Trinajstić information content (AvgIpc) is 2.53. The Morgan fingerprint density at radius 2 is 2.05 bits per heavy atom. The quantitative estimate of drug-likeness (QED) is 0.466. The number of rotatable bonds is 5. The number of hydrogen-bond donors (Lipinski definition) is 2. The minimum atomic E-state index is 0. The summed E-state index contributed by atoms with van der Waals surface area (Å²) in [4.78, 5) is 4.27. The number of halogens is 1. The standard InChI is InChI=1S/C13H25N5.HI/c1-9(2)8-16-13(14)15-7-6-12-10(3)17-18(5)11(12)4;/h9H,6-8H2,1-5H3,(H3,14,15,16);1H. The number of hydrogen-bond acceptors (Lipinski definition) is 2. The van der Waals surface area contributed by atoms with Crippen molar-refractivity contribution in [3.05, 3.63) is 17.0 Å².